The van der Waals surface area contributed by atoms with Crippen LogP contribution in [-0.2, 0) is 0 Å². The Balaban J connectivity index is 3.02. The Kier molecular flexibility index (Phi) is 9.33. The Morgan fingerprint density at radius 3 is 2.36 bits per heavy atom. The lowest BCUT2D eigenvalue weighted by Gasteiger charge is -2.08. The highest BCUT2D eigenvalue weighted by molar-refractivity contribution is 14.1. The highest BCUT2D eigenvalue weighted by Gasteiger charge is 2.00. The fourth-order valence-corrected chi connectivity index (χ4v) is 1.71. The Morgan fingerprint density at radius 2 is 1.82 bits per heavy atom. The molecule has 0 aliphatic heterocycles. The molecule has 0 saturated heterocycles. The van der Waals surface area contributed by atoms with Gasteiger partial charge >= 0.3 is 0 Å². The number of alkyl halides is 1. The minimum atomic E-state index is 0.358. The number of aliphatic hydroxyl groups excluding tert-OH is 1. The molecule has 0 radical (unpaired) electrons. The number of hydrogen-bond donors (Lipinski definition) is 1. The quantitative estimate of drug-likeness (QED) is 0.428. The second-order valence-electron chi connectivity index (χ2n) is 3.16. The molecule has 0 bridgehead atoms. The van der Waals surface area contributed by atoms with Crippen LogP contribution in [0.1, 0.15) is 39.0 Å². The van der Waals surface area contributed by atoms with Crippen LogP contribution in [0.15, 0.2) is 0 Å². The van der Waals surface area contributed by atoms with E-state index in [0.717, 1.165) is 12.3 Å². The normalized spacial score (nSPS) is 13.4. The van der Waals surface area contributed by atoms with Crippen LogP contribution < -0.4 is 0 Å². The zero-order chi connectivity index (χ0) is 8.53. The summed E-state index contributed by atoms with van der Waals surface area (Å²) in [5.41, 5.74) is 0. The fourth-order valence-electron chi connectivity index (χ4n) is 1.17. The summed E-state index contributed by atoms with van der Waals surface area (Å²) in [6.45, 7) is 2.64. The van der Waals surface area contributed by atoms with Gasteiger partial charge in [-0.25, -0.2) is 0 Å². The summed E-state index contributed by atoms with van der Waals surface area (Å²) in [6, 6.07) is 0. The highest BCUT2D eigenvalue weighted by atomic mass is 127. The summed E-state index contributed by atoms with van der Waals surface area (Å²) >= 11 is 2.42. The van der Waals surface area contributed by atoms with Crippen LogP contribution in [0.4, 0.5) is 0 Å². The topological polar surface area (TPSA) is 20.2 Å². The van der Waals surface area contributed by atoms with E-state index < -0.39 is 0 Å². The first-order valence-electron chi connectivity index (χ1n) is 4.48. The van der Waals surface area contributed by atoms with E-state index in [2.05, 4.69) is 29.5 Å². The number of rotatable bonds is 7. The smallest absolute Gasteiger partial charge is 0.0431 e. The van der Waals surface area contributed by atoms with Crippen molar-refractivity contribution in [1.82, 2.24) is 0 Å². The standard InChI is InChI=1S/C9H19IO/c1-9(6-4-8-11)5-2-3-7-10/h9,11H,2-8H2,1H3/t9-/m1/s1. The SMILES string of the molecule is C[C@@H](CCCO)CCCCI. The van der Waals surface area contributed by atoms with Gasteiger partial charge in [-0.2, -0.15) is 0 Å². The van der Waals surface area contributed by atoms with E-state index in [4.69, 9.17) is 5.11 Å². The summed E-state index contributed by atoms with van der Waals surface area (Å²) in [5, 5.41) is 8.59. The first-order chi connectivity index (χ1) is 5.31. The molecular formula is C9H19IO. The van der Waals surface area contributed by atoms with Gasteiger partial charge in [0.2, 0.25) is 0 Å². The Hall–Kier alpha value is 0.690. The average molecular weight is 270 g/mol. The molecule has 68 valence electrons. The molecule has 0 aliphatic rings. The van der Waals surface area contributed by atoms with E-state index in [1.807, 2.05) is 0 Å². The average Bonchev–Trinajstić information content (AvgIpc) is 2.01. The van der Waals surface area contributed by atoms with E-state index in [1.165, 1.54) is 30.1 Å². The third kappa shape index (κ3) is 8.60. The van der Waals surface area contributed by atoms with Crippen molar-refractivity contribution in [2.75, 3.05) is 11.0 Å². The molecular weight excluding hydrogens is 251 g/mol. The van der Waals surface area contributed by atoms with E-state index >= 15 is 0 Å². The molecule has 0 aromatic rings. The molecule has 0 amide bonds. The zero-order valence-corrected chi connectivity index (χ0v) is 9.51. The maximum Gasteiger partial charge on any atom is 0.0431 e. The second-order valence-corrected chi connectivity index (χ2v) is 4.23. The van der Waals surface area contributed by atoms with Gasteiger partial charge in [0.25, 0.3) is 0 Å². The molecule has 1 N–H and O–H groups in total. The van der Waals surface area contributed by atoms with Crippen molar-refractivity contribution in [2.24, 2.45) is 5.92 Å². The molecule has 0 fully saturated rings. The molecule has 1 atom stereocenters. The van der Waals surface area contributed by atoms with E-state index in [-0.39, 0.29) is 0 Å². The van der Waals surface area contributed by atoms with Crippen LogP contribution in [-0.4, -0.2) is 16.1 Å². The minimum Gasteiger partial charge on any atom is -0.396 e. The largest absolute Gasteiger partial charge is 0.396 e. The van der Waals surface area contributed by atoms with Crippen LogP contribution in [0, 0.1) is 5.92 Å². The van der Waals surface area contributed by atoms with Gasteiger partial charge in [-0.05, 0) is 29.6 Å². The van der Waals surface area contributed by atoms with Gasteiger partial charge in [-0.15, -0.1) is 0 Å². The van der Waals surface area contributed by atoms with Gasteiger partial charge in [0.15, 0.2) is 0 Å². The van der Waals surface area contributed by atoms with Gasteiger partial charge in [0.05, 0.1) is 0 Å². The van der Waals surface area contributed by atoms with E-state index in [0.29, 0.717) is 6.61 Å². The van der Waals surface area contributed by atoms with Crippen LogP contribution in [0.25, 0.3) is 0 Å². The molecule has 0 spiro atoms. The highest BCUT2D eigenvalue weighted by Crippen LogP contribution is 2.13. The minimum absolute atomic E-state index is 0.358. The molecule has 0 aliphatic carbocycles. The van der Waals surface area contributed by atoms with Crippen LogP contribution in [0.2, 0.25) is 0 Å². The summed E-state index contributed by atoms with van der Waals surface area (Å²) in [6.07, 6.45) is 6.21. The monoisotopic (exact) mass is 270 g/mol. The lowest BCUT2D eigenvalue weighted by molar-refractivity contribution is 0.271. The van der Waals surface area contributed by atoms with Crippen molar-refractivity contribution in [1.29, 1.82) is 0 Å². The van der Waals surface area contributed by atoms with Gasteiger partial charge < -0.3 is 5.11 Å². The van der Waals surface area contributed by atoms with Crippen LogP contribution >= 0.6 is 22.6 Å². The second kappa shape index (κ2) is 8.78. The predicted octanol–water partition coefficient (Wildman–Crippen LogP) is 3.00. The molecule has 0 aromatic carbocycles. The Labute approximate surface area is 83.7 Å². The van der Waals surface area contributed by atoms with Crippen molar-refractivity contribution >= 4 is 22.6 Å². The number of unbranched alkanes of at least 4 members (excludes halogenated alkanes) is 1. The summed E-state index contributed by atoms with van der Waals surface area (Å²) in [4.78, 5) is 0. The maximum atomic E-state index is 8.59. The number of hydrogen-bond acceptors (Lipinski definition) is 1. The van der Waals surface area contributed by atoms with Gasteiger partial charge in [0, 0.05) is 6.61 Å². The summed E-state index contributed by atoms with van der Waals surface area (Å²) in [7, 11) is 0. The Bertz CT molecular complexity index is 76.0. The van der Waals surface area contributed by atoms with Crippen molar-refractivity contribution in [2.45, 2.75) is 39.0 Å². The lowest BCUT2D eigenvalue weighted by atomic mass is 9.99. The first-order valence-corrected chi connectivity index (χ1v) is 6.00. The van der Waals surface area contributed by atoms with Crippen molar-refractivity contribution in [3.63, 3.8) is 0 Å². The molecule has 0 rings (SSSR count). The fraction of sp³-hybridized carbons (Fsp3) is 1.00. The molecule has 11 heavy (non-hydrogen) atoms. The molecule has 0 saturated carbocycles. The van der Waals surface area contributed by atoms with E-state index in [9.17, 15) is 0 Å². The van der Waals surface area contributed by atoms with Crippen molar-refractivity contribution in [3.05, 3.63) is 0 Å². The molecule has 0 aromatic heterocycles. The van der Waals surface area contributed by atoms with Crippen LogP contribution in [0.3, 0.4) is 0 Å². The summed E-state index contributed by atoms with van der Waals surface area (Å²) < 4.78 is 1.28. The number of halogens is 1. The molecule has 0 heterocycles. The summed E-state index contributed by atoms with van der Waals surface area (Å²) in [5.74, 6) is 0.810. The third-order valence-electron chi connectivity index (χ3n) is 1.94. The predicted molar refractivity (Wildman–Crippen MR) is 58.2 cm³/mol. The molecule has 0 unspecified atom stereocenters. The van der Waals surface area contributed by atoms with Crippen molar-refractivity contribution < 1.29 is 5.11 Å². The Morgan fingerprint density at radius 1 is 1.18 bits per heavy atom. The van der Waals surface area contributed by atoms with E-state index in [1.54, 1.807) is 0 Å². The first kappa shape index (κ1) is 11.7. The number of aliphatic hydroxyl groups is 1. The third-order valence-corrected chi connectivity index (χ3v) is 2.70. The van der Waals surface area contributed by atoms with Crippen molar-refractivity contribution in [3.8, 4) is 0 Å². The maximum absolute atomic E-state index is 8.59. The lowest BCUT2D eigenvalue weighted by Crippen LogP contribution is -1.96. The van der Waals surface area contributed by atoms with Gasteiger partial charge in [0.1, 0.15) is 0 Å². The zero-order valence-electron chi connectivity index (χ0n) is 7.35. The molecule has 2 heteroatoms. The van der Waals surface area contributed by atoms with Crippen LogP contribution in [0.5, 0.6) is 0 Å². The van der Waals surface area contributed by atoms with Gasteiger partial charge in [-0.3, -0.25) is 0 Å². The van der Waals surface area contributed by atoms with Gasteiger partial charge in [-0.1, -0.05) is 42.4 Å². The molecule has 1 nitrogen and oxygen atoms in total.